The minimum atomic E-state index is -1.05. The molecule has 1 aliphatic rings. The third-order valence-corrected chi connectivity index (χ3v) is 2.54. The van der Waals surface area contributed by atoms with Crippen LogP contribution >= 0.6 is 0 Å². The minimum absolute atomic E-state index is 0.0953. The second-order valence-corrected chi connectivity index (χ2v) is 4.02. The molecule has 2 N–H and O–H groups in total. The molecule has 1 aromatic carbocycles. The van der Waals surface area contributed by atoms with Crippen molar-refractivity contribution >= 4 is 12.1 Å². The number of hydrogen-bond donors (Lipinski definition) is 2. The lowest BCUT2D eigenvalue weighted by molar-refractivity contribution is 0.0684. The van der Waals surface area contributed by atoms with E-state index < -0.39 is 12.1 Å². The zero-order valence-electron chi connectivity index (χ0n) is 9.80. The highest BCUT2D eigenvalue weighted by molar-refractivity contribution is 5.90. The number of carbonyl (C=O) groups excluding carboxylic acids is 1. The van der Waals surface area contributed by atoms with Crippen LogP contribution in [0.1, 0.15) is 15.9 Å². The Labute approximate surface area is 104 Å². The van der Waals surface area contributed by atoms with Crippen molar-refractivity contribution in [3.8, 4) is 5.75 Å². The number of aromatic carboxylic acids is 1. The van der Waals surface area contributed by atoms with Crippen molar-refractivity contribution in [2.75, 3.05) is 13.2 Å². The van der Waals surface area contributed by atoms with Crippen molar-refractivity contribution in [3.05, 3.63) is 29.3 Å². The van der Waals surface area contributed by atoms with Crippen LogP contribution < -0.4 is 10.1 Å². The van der Waals surface area contributed by atoms with Gasteiger partial charge in [-0.25, -0.2) is 9.59 Å². The van der Waals surface area contributed by atoms with E-state index in [1.54, 1.807) is 12.1 Å². The molecule has 1 fully saturated rings. The molecule has 6 heteroatoms. The third kappa shape index (κ3) is 2.71. The van der Waals surface area contributed by atoms with E-state index in [2.05, 4.69) is 5.32 Å². The number of benzene rings is 1. The molecule has 1 heterocycles. The van der Waals surface area contributed by atoms with Gasteiger partial charge < -0.3 is 19.9 Å². The smallest absolute Gasteiger partial charge is 0.407 e. The molecule has 1 aliphatic heterocycles. The van der Waals surface area contributed by atoms with Gasteiger partial charge in [-0.2, -0.15) is 0 Å². The number of hydrogen-bond acceptors (Lipinski definition) is 4. The van der Waals surface area contributed by atoms with Gasteiger partial charge in [-0.15, -0.1) is 0 Å². The summed E-state index contributed by atoms with van der Waals surface area (Å²) in [7, 11) is 0. The van der Waals surface area contributed by atoms with Crippen molar-refractivity contribution in [2.24, 2.45) is 0 Å². The summed E-state index contributed by atoms with van der Waals surface area (Å²) in [6, 6.07) is 4.84. The number of aryl methyl sites for hydroxylation is 1. The van der Waals surface area contributed by atoms with Crippen molar-refractivity contribution in [1.82, 2.24) is 5.32 Å². The van der Waals surface area contributed by atoms with Gasteiger partial charge in [0, 0.05) is 0 Å². The molecule has 0 spiro atoms. The molecular weight excluding hydrogens is 238 g/mol. The van der Waals surface area contributed by atoms with E-state index in [0.717, 1.165) is 5.56 Å². The Morgan fingerprint density at radius 3 is 3.00 bits per heavy atom. The molecular formula is C12H13NO5. The Morgan fingerprint density at radius 1 is 1.61 bits per heavy atom. The summed E-state index contributed by atoms with van der Waals surface area (Å²) < 4.78 is 10.3. The monoisotopic (exact) mass is 251 g/mol. The molecule has 96 valence electrons. The predicted molar refractivity (Wildman–Crippen MR) is 61.9 cm³/mol. The summed E-state index contributed by atoms with van der Waals surface area (Å²) in [6.07, 6.45) is -0.869. The largest absolute Gasteiger partial charge is 0.489 e. The maximum absolute atomic E-state index is 11.0. The van der Waals surface area contributed by atoms with Gasteiger partial charge in [0.05, 0.1) is 6.54 Å². The second-order valence-electron chi connectivity index (χ2n) is 4.02. The molecule has 18 heavy (non-hydrogen) atoms. The van der Waals surface area contributed by atoms with E-state index in [-0.39, 0.29) is 24.0 Å². The normalized spacial score (nSPS) is 18.1. The van der Waals surface area contributed by atoms with Crippen LogP contribution in [0.2, 0.25) is 0 Å². The van der Waals surface area contributed by atoms with Crippen molar-refractivity contribution in [2.45, 2.75) is 13.0 Å². The Hall–Kier alpha value is -2.24. The van der Waals surface area contributed by atoms with E-state index in [1.807, 2.05) is 6.92 Å². The number of nitrogens with one attached hydrogen (secondary N) is 1. The third-order valence-electron chi connectivity index (χ3n) is 2.54. The summed E-state index contributed by atoms with van der Waals surface area (Å²) >= 11 is 0. The van der Waals surface area contributed by atoms with Gasteiger partial charge in [0.15, 0.2) is 6.10 Å². The molecule has 1 amide bonds. The van der Waals surface area contributed by atoms with Crippen LogP contribution in [0.25, 0.3) is 0 Å². The SMILES string of the molecule is Cc1ccc(C(=O)O)c(OCC2CNC(=O)O2)c1. The van der Waals surface area contributed by atoms with Gasteiger partial charge in [-0.1, -0.05) is 6.07 Å². The molecule has 1 aromatic rings. The number of rotatable bonds is 4. The fourth-order valence-corrected chi connectivity index (χ4v) is 1.63. The maximum Gasteiger partial charge on any atom is 0.407 e. The predicted octanol–water partition coefficient (Wildman–Crippen LogP) is 1.18. The lowest BCUT2D eigenvalue weighted by Crippen LogP contribution is -2.22. The molecule has 0 radical (unpaired) electrons. The van der Waals surface area contributed by atoms with E-state index in [4.69, 9.17) is 14.6 Å². The summed E-state index contributed by atoms with van der Waals surface area (Å²) in [5.74, 6) is -0.767. The number of carboxylic acid groups (broad SMARTS) is 1. The average molecular weight is 251 g/mol. The van der Waals surface area contributed by atoms with Gasteiger partial charge >= 0.3 is 12.1 Å². The van der Waals surface area contributed by atoms with Gasteiger partial charge in [0.1, 0.15) is 17.9 Å². The Morgan fingerprint density at radius 2 is 2.39 bits per heavy atom. The number of ether oxygens (including phenoxy) is 2. The van der Waals surface area contributed by atoms with E-state index in [1.165, 1.54) is 6.07 Å². The van der Waals surface area contributed by atoms with E-state index in [0.29, 0.717) is 6.54 Å². The van der Waals surface area contributed by atoms with Crippen molar-refractivity contribution < 1.29 is 24.2 Å². The summed E-state index contributed by atoms with van der Waals surface area (Å²) in [5, 5.41) is 11.5. The van der Waals surface area contributed by atoms with E-state index in [9.17, 15) is 9.59 Å². The fraction of sp³-hybridized carbons (Fsp3) is 0.333. The lowest BCUT2D eigenvalue weighted by atomic mass is 10.1. The van der Waals surface area contributed by atoms with Gasteiger partial charge in [-0.05, 0) is 24.6 Å². The number of cyclic esters (lactones) is 1. The molecule has 0 bridgehead atoms. The van der Waals surface area contributed by atoms with Crippen LogP contribution in [-0.4, -0.2) is 36.4 Å². The summed E-state index contributed by atoms with van der Waals surface area (Å²) in [6.45, 7) is 2.34. The van der Waals surface area contributed by atoms with Gasteiger partial charge in [-0.3, -0.25) is 0 Å². The highest BCUT2D eigenvalue weighted by Crippen LogP contribution is 2.21. The quantitative estimate of drug-likeness (QED) is 0.839. The van der Waals surface area contributed by atoms with Crippen molar-refractivity contribution in [1.29, 1.82) is 0 Å². The molecule has 1 saturated heterocycles. The Balaban J connectivity index is 2.06. The number of alkyl carbamates (subject to hydrolysis) is 1. The first-order chi connectivity index (χ1) is 8.56. The first kappa shape index (κ1) is 12.2. The first-order valence-electron chi connectivity index (χ1n) is 5.47. The van der Waals surface area contributed by atoms with Crippen LogP contribution in [0, 0.1) is 6.92 Å². The van der Waals surface area contributed by atoms with Crippen LogP contribution in [0.4, 0.5) is 4.79 Å². The lowest BCUT2D eigenvalue weighted by Gasteiger charge is -2.12. The van der Waals surface area contributed by atoms with Crippen LogP contribution in [0.3, 0.4) is 0 Å². The first-order valence-corrected chi connectivity index (χ1v) is 5.47. The van der Waals surface area contributed by atoms with Crippen LogP contribution in [0.15, 0.2) is 18.2 Å². The van der Waals surface area contributed by atoms with Crippen LogP contribution in [-0.2, 0) is 4.74 Å². The standard InChI is InChI=1S/C12H13NO5/c1-7-2-3-9(11(14)15)10(4-7)17-6-8-5-13-12(16)18-8/h2-4,8H,5-6H2,1H3,(H,13,16)(H,14,15). The molecule has 6 nitrogen and oxygen atoms in total. The highest BCUT2D eigenvalue weighted by Gasteiger charge is 2.23. The summed E-state index contributed by atoms with van der Waals surface area (Å²) in [5.41, 5.74) is 0.995. The molecule has 0 aromatic heterocycles. The van der Waals surface area contributed by atoms with E-state index >= 15 is 0 Å². The maximum atomic E-state index is 11.0. The molecule has 1 atom stereocenters. The van der Waals surface area contributed by atoms with Crippen LogP contribution in [0.5, 0.6) is 5.75 Å². The summed E-state index contributed by atoms with van der Waals surface area (Å²) in [4.78, 5) is 21.8. The molecule has 0 aliphatic carbocycles. The zero-order valence-corrected chi connectivity index (χ0v) is 9.80. The highest BCUT2D eigenvalue weighted by atomic mass is 16.6. The average Bonchev–Trinajstić information content (AvgIpc) is 2.72. The molecule has 2 rings (SSSR count). The zero-order chi connectivity index (χ0) is 13.1. The van der Waals surface area contributed by atoms with Gasteiger partial charge in [0.2, 0.25) is 0 Å². The Kier molecular flexibility index (Phi) is 3.36. The van der Waals surface area contributed by atoms with Gasteiger partial charge in [0.25, 0.3) is 0 Å². The fourth-order valence-electron chi connectivity index (χ4n) is 1.63. The van der Waals surface area contributed by atoms with Crippen molar-refractivity contribution in [3.63, 3.8) is 0 Å². The second kappa shape index (κ2) is 4.95. The number of carboxylic acids is 1. The molecule has 0 saturated carbocycles. The Bertz CT molecular complexity index is 485. The molecule has 1 unspecified atom stereocenters. The minimum Gasteiger partial charge on any atom is -0.489 e. The topological polar surface area (TPSA) is 84.9 Å². The number of carbonyl (C=O) groups is 2. The number of amides is 1.